The Morgan fingerprint density at radius 3 is 2.85 bits per heavy atom. The minimum absolute atomic E-state index is 0.128. The van der Waals surface area contributed by atoms with Gasteiger partial charge in [-0.1, -0.05) is 23.7 Å². The maximum atomic E-state index is 8.88. The summed E-state index contributed by atoms with van der Waals surface area (Å²) in [6, 6.07) is 4.82. The Hall–Kier alpha value is -0.770. The first-order chi connectivity index (χ1) is 6.20. The number of para-hydroxylation sites is 1. The fourth-order valence-corrected chi connectivity index (χ4v) is 1.39. The molecular formula is C9H12ClNO2. The van der Waals surface area contributed by atoms with Crippen molar-refractivity contribution in [3.63, 3.8) is 0 Å². The summed E-state index contributed by atoms with van der Waals surface area (Å²) in [6.07, 6.45) is 0. The first kappa shape index (κ1) is 10.3. The molecule has 1 aromatic carbocycles. The summed E-state index contributed by atoms with van der Waals surface area (Å²) in [5.74, 6) is 0.533. The molecule has 0 aromatic heterocycles. The number of halogens is 1. The quantitative estimate of drug-likeness (QED) is 0.776. The molecule has 1 rings (SSSR count). The van der Waals surface area contributed by atoms with Gasteiger partial charge in [0.15, 0.2) is 0 Å². The molecular weight excluding hydrogens is 190 g/mol. The Labute approximate surface area is 82.1 Å². The van der Waals surface area contributed by atoms with Crippen LogP contribution in [0.4, 0.5) is 0 Å². The molecule has 0 saturated heterocycles. The zero-order valence-corrected chi connectivity index (χ0v) is 8.08. The van der Waals surface area contributed by atoms with Crippen LogP contribution < -0.4 is 10.5 Å². The Morgan fingerprint density at radius 1 is 1.62 bits per heavy atom. The van der Waals surface area contributed by atoms with Gasteiger partial charge in [-0.2, -0.15) is 0 Å². The highest BCUT2D eigenvalue weighted by Crippen LogP contribution is 2.31. The van der Waals surface area contributed by atoms with Crippen LogP contribution in [0.1, 0.15) is 11.6 Å². The largest absolute Gasteiger partial charge is 0.495 e. The minimum atomic E-state index is -0.450. The Kier molecular flexibility index (Phi) is 3.54. The van der Waals surface area contributed by atoms with Gasteiger partial charge in [-0.25, -0.2) is 0 Å². The van der Waals surface area contributed by atoms with Crippen molar-refractivity contribution in [1.29, 1.82) is 0 Å². The van der Waals surface area contributed by atoms with E-state index in [0.29, 0.717) is 10.8 Å². The van der Waals surface area contributed by atoms with Crippen LogP contribution >= 0.6 is 11.6 Å². The number of hydrogen-bond acceptors (Lipinski definition) is 3. The third kappa shape index (κ3) is 2.12. The molecule has 72 valence electrons. The number of methoxy groups -OCH3 is 1. The molecule has 3 nitrogen and oxygen atoms in total. The fraction of sp³-hybridized carbons (Fsp3) is 0.333. The third-order valence-corrected chi connectivity index (χ3v) is 2.10. The molecule has 0 aliphatic rings. The van der Waals surface area contributed by atoms with E-state index in [1.54, 1.807) is 18.2 Å². The van der Waals surface area contributed by atoms with Crippen molar-refractivity contribution in [2.75, 3.05) is 13.7 Å². The van der Waals surface area contributed by atoms with Gasteiger partial charge in [-0.3, -0.25) is 0 Å². The van der Waals surface area contributed by atoms with Gasteiger partial charge in [0.25, 0.3) is 0 Å². The van der Waals surface area contributed by atoms with E-state index in [2.05, 4.69) is 0 Å². The summed E-state index contributed by atoms with van der Waals surface area (Å²) in [6.45, 7) is -0.128. The van der Waals surface area contributed by atoms with E-state index in [1.807, 2.05) is 0 Å². The molecule has 1 atom stereocenters. The van der Waals surface area contributed by atoms with Crippen LogP contribution in [0.15, 0.2) is 18.2 Å². The smallest absolute Gasteiger partial charge is 0.142 e. The summed E-state index contributed by atoms with van der Waals surface area (Å²) in [5.41, 5.74) is 6.37. The van der Waals surface area contributed by atoms with Crippen molar-refractivity contribution >= 4 is 11.6 Å². The van der Waals surface area contributed by atoms with E-state index in [1.165, 1.54) is 7.11 Å². The second kappa shape index (κ2) is 4.46. The lowest BCUT2D eigenvalue weighted by atomic mass is 10.1. The molecule has 0 aliphatic carbocycles. The van der Waals surface area contributed by atoms with Crippen molar-refractivity contribution in [2.45, 2.75) is 6.04 Å². The molecule has 0 bridgehead atoms. The average Bonchev–Trinajstić information content (AvgIpc) is 2.16. The minimum Gasteiger partial charge on any atom is -0.495 e. The maximum absolute atomic E-state index is 8.88. The zero-order valence-electron chi connectivity index (χ0n) is 7.33. The van der Waals surface area contributed by atoms with Crippen molar-refractivity contribution in [3.8, 4) is 5.75 Å². The van der Waals surface area contributed by atoms with E-state index < -0.39 is 6.04 Å². The fourth-order valence-electron chi connectivity index (χ4n) is 1.13. The molecule has 0 saturated carbocycles. The van der Waals surface area contributed by atoms with Crippen LogP contribution in [0.3, 0.4) is 0 Å². The van der Waals surface area contributed by atoms with Crippen LogP contribution in [0.5, 0.6) is 5.75 Å². The summed E-state index contributed by atoms with van der Waals surface area (Å²) >= 11 is 5.87. The topological polar surface area (TPSA) is 55.5 Å². The second-order valence-electron chi connectivity index (χ2n) is 2.65. The van der Waals surface area contributed by atoms with Gasteiger partial charge in [-0.05, 0) is 6.07 Å². The highest BCUT2D eigenvalue weighted by Gasteiger charge is 2.12. The third-order valence-electron chi connectivity index (χ3n) is 1.80. The molecule has 3 N–H and O–H groups in total. The lowest BCUT2D eigenvalue weighted by Crippen LogP contribution is -2.15. The molecule has 0 amide bonds. The molecule has 4 heteroatoms. The standard InChI is InChI=1S/C9H12ClNO2/c1-13-9-6(8(11)5-12)3-2-4-7(9)10/h2-4,8,12H,5,11H2,1H3/t8-/m0/s1. The lowest BCUT2D eigenvalue weighted by Gasteiger charge is -2.14. The number of nitrogens with two attached hydrogens (primary N) is 1. The summed E-state index contributed by atoms with van der Waals surface area (Å²) in [7, 11) is 1.52. The van der Waals surface area contributed by atoms with Gasteiger partial charge >= 0.3 is 0 Å². The molecule has 0 radical (unpaired) electrons. The molecule has 0 aliphatic heterocycles. The van der Waals surface area contributed by atoms with Gasteiger partial charge in [0.1, 0.15) is 5.75 Å². The number of rotatable bonds is 3. The number of benzene rings is 1. The van der Waals surface area contributed by atoms with Gasteiger partial charge < -0.3 is 15.6 Å². The Morgan fingerprint density at radius 2 is 2.31 bits per heavy atom. The van der Waals surface area contributed by atoms with Crippen molar-refractivity contribution < 1.29 is 9.84 Å². The Balaban J connectivity index is 3.12. The number of ether oxygens (including phenoxy) is 1. The summed E-state index contributed by atoms with van der Waals surface area (Å²) in [4.78, 5) is 0. The molecule has 13 heavy (non-hydrogen) atoms. The molecule has 0 heterocycles. The van der Waals surface area contributed by atoms with Crippen molar-refractivity contribution in [2.24, 2.45) is 5.73 Å². The molecule has 0 unspecified atom stereocenters. The summed E-state index contributed by atoms with van der Waals surface area (Å²) in [5, 5.41) is 9.38. The maximum Gasteiger partial charge on any atom is 0.142 e. The number of aliphatic hydroxyl groups excluding tert-OH is 1. The number of aliphatic hydroxyl groups is 1. The summed E-state index contributed by atoms with van der Waals surface area (Å²) < 4.78 is 5.08. The average molecular weight is 202 g/mol. The SMILES string of the molecule is COc1c(Cl)cccc1[C@@H](N)CO. The van der Waals surface area contributed by atoms with Gasteiger partial charge in [0, 0.05) is 5.56 Å². The van der Waals surface area contributed by atoms with Crippen LogP contribution in [0, 0.1) is 0 Å². The highest BCUT2D eigenvalue weighted by molar-refractivity contribution is 6.32. The zero-order chi connectivity index (χ0) is 9.84. The van der Waals surface area contributed by atoms with E-state index in [-0.39, 0.29) is 6.61 Å². The van der Waals surface area contributed by atoms with E-state index >= 15 is 0 Å². The van der Waals surface area contributed by atoms with E-state index in [9.17, 15) is 0 Å². The molecule has 0 spiro atoms. The van der Waals surface area contributed by atoms with Gasteiger partial charge in [-0.15, -0.1) is 0 Å². The van der Waals surface area contributed by atoms with Gasteiger partial charge in [0.05, 0.1) is 24.8 Å². The van der Waals surface area contributed by atoms with E-state index in [4.69, 9.17) is 27.2 Å². The first-order valence-electron chi connectivity index (χ1n) is 3.89. The van der Waals surface area contributed by atoms with E-state index in [0.717, 1.165) is 5.56 Å². The van der Waals surface area contributed by atoms with Crippen molar-refractivity contribution in [3.05, 3.63) is 28.8 Å². The monoisotopic (exact) mass is 201 g/mol. The highest BCUT2D eigenvalue weighted by atomic mass is 35.5. The second-order valence-corrected chi connectivity index (χ2v) is 3.06. The van der Waals surface area contributed by atoms with Crippen LogP contribution in [0.2, 0.25) is 5.02 Å². The van der Waals surface area contributed by atoms with Crippen LogP contribution in [0.25, 0.3) is 0 Å². The van der Waals surface area contributed by atoms with Gasteiger partial charge in [0.2, 0.25) is 0 Å². The van der Waals surface area contributed by atoms with Crippen LogP contribution in [-0.4, -0.2) is 18.8 Å². The molecule has 1 aromatic rings. The lowest BCUT2D eigenvalue weighted by molar-refractivity contribution is 0.264. The number of hydrogen-bond donors (Lipinski definition) is 2. The van der Waals surface area contributed by atoms with Crippen LogP contribution in [-0.2, 0) is 0 Å². The Bertz CT molecular complexity index is 291. The predicted molar refractivity (Wildman–Crippen MR) is 52.0 cm³/mol. The molecule has 0 fully saturated rings. The normalized spacial score (nSPS) is 12.6. The predicted octanol–water partition coefficient (Wildman–Crippen LogP) is 1.34. The van der Waals surface area contributed by atoms with Crippen molar-refractivity contribution in [1.82, 2.24) is 0 Å². The first-order valence-corrected chi connectivity index (χ1v) is 4.27.